The molecule has 6 aliphatic rings. The minimum Gasteiger partial charge on any atom is -0.391 e. The van der Waals surface area contributed by atoms with Crippen molar-refractivity contribution in [2.24, 2.45) is 10.8 Å². The minimum absolute atomic E-state index is 0.103. The third kappa shape index (κ3) is 4.57. The molecule has 6 saturated carbocycles. The van der Waals surface area contributed by atoms with Crippen LogP contribution in [0.15, 0.2) is 9.05 Å². The second-order valence-corrected chi connectivity index (χ2v) is 13.5. The van der Waals surface area contributed by atoms with E-state index >= 15 is 0 Å². The van der Waals surface area contributed by atoms with Crippen LogP contribution in [0.4, 0.5) is 0 Å². The molecule has 8 rings (SSSR count). The molecule has 2 spiro atoms. The van der Waals surface area contributed by atoms with Gasteiger partial charge in [-0.25, -0.2) is 0 Å². The van der Waals surface area contributed by atoms with Gasteiger partial charge >= 0.3 is 0 Å². The van der Waals surface area contributed by atoms with Crippen molar-refractivity contribution in [3.05, 3.63) is 34.0 Å². The highest BCUT2D eigenvalue weighted by Gasteiger charge is 2.47. The highest BCUT2D eigenvalue weighted by atomic mass is 35.5. The van der Waals surface area contributed by atoms with Gasteiger partial charge in [-0.3, -0.25) is 0 Å². The van der Waals surface area contributed by atoms with E-state index in [-0.39, 0.29) is 6.61 Å². The van der Waals surface area contributed by atoms with E-state index in [0.717, 1.165) is 33.6 Å². The molecule has 0 atom stereocenters. The molecule has 0 saturated heterocycles. The molecule has 0 aromatic carbocycles. The van der Waals surface area contributed by atoms with Gasteiger partial charge in [-0.05, 0) is 114 Å². The van der Waals surface area contributed by atoms with Gasteiger partial charge in [0.15, 0.2) is 0 Å². The topological polar surface area (TPSA) is 72.3 Å². The first-order valence-electron chi connectivity index (χ1n) is 14.8. The fourth-order valence-electron chi connectivity index (χ4n) is 7.30. The Balaban J connectivity index is 0.000000122. The monoisotopic (exact) mass is 512 g/mol. The fourth-order valence-corrected chi connectivity index (χ4v) is 7.57. The summed E-state index contributed by atoms with van der Waals surface area (Å²) in [6.07, 6.45) is 21.3. The van der Waals surface area contributed by atoms with Crippen LogP contribution in [0.1, 0.15) is 160 Å². The third-order valence-electron chi connectivity index (χ3n) is 10.7. The molecular weight excluding hydrogens is 472 g/mol. The van der Waals surface area contributed by atoms with Gasteiger partial charge in [0.2, 0.25) is 0 Å². The van der Waals surface area contributed by atoms with Gasteiger partial charge in [0, 0.05) is 34.8 Å². The number of hydrogen-bond donors (Lipinski definition) is 1. The lowest BCUT2D eigenvalue weighted by Crippen LogP contribution is -2.15. The maximum absolute atomic E-state index is 9.61. The molecule has 36 heavy (non-hydrogen) atoms. The van der Waals surface area contributed by atoms with E-state index in [9.17, 15) is 5.11 Å². The summed E-state index contributed by atoms with van der Waals surface area (Å²) >= 11 is 6.14. The van der Waals surface area contributed by atoms with Gasteiger partial charge < -0.3 is 14.2 Å². The van der Waals surface area contributed by atoms with Gasteiger partial charge in [0.1, 0.15) is 11.5 Å². The SMILES string of the molecule is ClCc1c(C2CCC3(CC2)CC3)noc1C1CC1.OCc1c(C2CCC3(CC2)CC3)noc1C1CC1. The average molecular weight is 513 g/mol. The van der Waals surface area contributed by atoms with Crippen molar-refractivity contribution in [1.82, 2.24) is 10.3 Å². The van der Waals surface area contributed by atoms with Crippen LogP contribution in [0.2, 0.25) is 0 Å². The number of nitrogens with zero attached hydrogens (tertiary/aromatic N) is 2. The molecule has 0 aliphatic heterocycles. The molecule has 0 radical (unpaired) electrons. The van der Waals surface area contributed by atoms with Crippen molar-refractivity contribution in [1.29, 1.82) is 0 Å². The minimum atomic E-state index is 0.103. The zero-order valence-corrected chi connectivity index (χ0v) is 22.3. The number of halogens is 1. The quantitative estimate of drug-likeness (QED) is 0.395. The van der Waals surface area contributed by atoms with Crippen molar-refractivity contribution < 1.29 is 14.2 Å². The normalized spacial score (nSPS) is 28.2. The number of aromatic nitrogens is 2. The van der Waals surface area contributed by atoms with Gasteiger partial charge in [-0.1, -0.05) is 10.3 Å². The second-order valence-electron chi connectivity index (χ2n) is 13.2. The van der Waals surface area contributed by atoms with E-state index < -0.39 is 0 Å². The first-order valence-corrected chi connectivity index (χ1v) is 15.3. The average Bonchev–Trinajstić information content (AvgIpc) is 3.71. The van der Waals surface area contributed by atoms with Crippen molar-refractivity contribution in [3.63, 3.8) is 0 Å². The van der Waals surface area contributed by atoms with Gasteiger partial charge in [0.05, 0.1) is 23.9 Å². The molecule has 196 valence electrons. The molecule has 6 fully saturated rings. The van der Waals surface area contributed by atoms with Crippen LogP contribution in [0.25, 0.3) is 0 Å². The molecule has 2 aromatic rings. The predicted molar refractivity (Wildman–Crippen MR) is 138 cm³/mol. The summed E-state index contributed by atoms with van der Waals surface area (Å²) in [6.45, 7) is 0.103. The van der Waals surface area contributed by atoms with Crippen LogP contribution in [0, 0.1) is 10.8 Å². The lowest BCUT2D eigenvalue weighted by atomic mass is 9.77. The standard InChI is InChI=1S/C15H20ClNO.C15H21NO2/c16-9-12-13(17-18-14(12)11-1-2-11)10-3-5-15(6-4-10)7-8-15;17-9-12-13(16-18-14(12)11-1-2-11)10-3-5-15(6-4-10)7-8-15/h10-11H,1-9H2;10-11,17H,1-9H2. The summed E-state index contributed by atoms with van der Waals surface area (Å²) < 4.78 is 11.1. The molecule has 6 aliphatic carbocycles. The highest BCUT2D eigenvalue weighted by molar-refractivity contribution is 6.17. The van der Waals surface area contributed by atoms with Crippen molar-refractivity contribution >= 4 is 11.6 Å². The van der Waals surface area contributed by atoms with E-state index in [1.54, 1.807) is 0 Å². The number of hydrogen-bond acceptors (Lipinski definition) is 5. The van der Waals surface area contributed by atoms with Crippen molar-refractivity contribution in [2.45, 2.75) is 139 Å². The Morgan fingerprint density at radius 3 is 1.39 bits per heavy atom. The Morgan fingerprint density at radius 1 is 0.611 bits per heavy atom. The summed E-state index contributed by atoms with van der Waals surface area (Å²) in [5.74, 6) is 4.98. The summed E-state index contributed by atoms with van der Waals surface area (Å²) in [6, 6.07) is 0. The van der Waals surface area contributed by atoms with E-state index in [2.05, 4.69) is 10.3 Å². The Bertz CT molecular complexity index is 984. The Hall–Kier alpha value is -1.33. The lowest BCUT2D eigenvalue weighted by molar-refractivity contribution is 0.271. The number of aliphatic hydroxyl groups excluding tert-OH is 1. The fraction of sp³-hybridized carbons (Fsp3) is 0.800. The summed E-state index contributed by atoms with van der Waals surface area (Å²) in [5, 5.41) is 18.3. The van der Waals surface area contributed by atoms with E-state index in [4.69, 9.17) is 20.6 Å². The summed E-state index contributed by atoms with van der Waals surface area (Å²) in [4.78, 5) is 0. The Morgan fingerprint density at radius 2 is 1.03 bits per heavy atom. The highest BCUT2D eigenvalue weighted by Crippen LogP contribution is 2.60. The van der Waals surface area contributed by atoms with Crippen LogP contribution in [0.5, 0.6) is 0 Å². The zero-order valence-electron chi connectivity index (χ0n) is 21.6. The van der Waals surface area contributed by atoms with Crippen molar-refractivity contribution in [2.75, 3.05) is 0 Å². The number of aliphatic hydroxyl groups is 1. The molecular formula is C30H41ClN2O3. The largest absolute Gasteiger partial charge is 0.391 e. The van der Waals surface area contributed by atoms with Gasteiger partial charge in [0.25, 0.3) is 0 Å². The van der Waals surface area contributed by atoms with E-state index in [1.807, 2.05) is 0 Å². The molecule has 2 heterocycles. The molecule has 6 heteroatoms. The van der Waals surface area contributed by atoms with E-state index in [1.165, 1.54) is 114 Å². The Kier molecular flexibility index (Phi) is 6.04. The predicted octanol–water partition coefficient (Wildman–Crippen LogP) is 8.21. The maximum atomic E-state index is 9.61. The zero-order chi connectivity index (χ0) is 24.3. The first kappa shape index (κ1) is 23.8. The third-order valence-corrected chi connectivity index (χ3v) is 10.9. The van der Waals surface area contributed by atoms with Crippen LogP contribution < -0.4 is 0 Å². The molecule has 0 unspecified atom stereocenters. The maximum Gasteiger partial charge on any atom is 0.145 e. The van der Waals surface area contributed by atoms with E-state index in [0.29, 0.717) is 29.6 Å². The number of rotatable bonds is 6. The van der Waals surface area contributed by atoms with Crippen LogP contribution >= 0.6 is 11.6 Å². The molecule has 0 amide bonds. The van der Waals surface area contributed by atoms with Crippen molar-refractivity contribution in [3.8, 4) is 0 Å². The molecule has 2 aromatic heterocycles. The summed E-state index contributed by atoms with van der Waals surface area (Å²) in [5.41, 5.74) is 6.00. The Labute approximate surface area is 219 Å². The molecule has 1 N–H and O–H groups in total. The van der Waals surface area contributed by atoms with Gasteiger partial charge in [-0.15, -0.1) is 11.6 Å². The van der Waals surface area contributed by atoms with Gasteiger partial charge in [-0.2, -0.15) is 0 Å². The van der Waals surface area contributed by atoms with Crippen LogP contribution in [-0.2, 0) is 12.5 Å². The van der Waals surface area contributed by atoms with Crippen LogP contribution in [0.3, 0.4) is 0 Å². The smallest absolute Gasteiger partial charge is 0.145 e. The van der Waals surface area contributed by atoms with Crippen LogP contribution in [-0.4, -0.2) is 15.4 Å². The molecule has 5 nitrogen and oxygen atoms in total. The first-order chi connectivity index (χ1) is 17.6. The lowest BCUT2D eigenvalue weighted by Gasteiger charge is -2.27. The number of alkyl halides is 1. The summed E-state index contributed by atoms with van der Waals surface area (Å²) in [7, 11) is 0. The second kappa shape index (κ2) is 9.15. The molecule has 0 bridgehead atoms.